The van der Waals surface area contributed by atoms with E-state index in [0.717, 1.165) is 12.7 Å². The van der Waals surface area contributed by atoms with Gasteiger partial charge in [0.2, 0.25) is 5.79 Å². The van der Waals surface area contributed by atoms with Gasteiger partial charge in [-0.05, 0) is 25.1 Å². The zero-order chi connectivity index (χ0) is 22.2. The maximum Gasteiger partial charge on any atom is 0.297 e. The lowest BCUT2D eigenvalue weighted by atomic mass is 10.0. The van der Waals surface area contributed by atoms with Gasteiger partial charge < -0.3 is 14.0 Å². The molecule has 2 unspecified atom stereocenters. The van der Waals surface area contributed by atoms with E-state index in [1.165, 1.54) is 6.07 Å². The number of imidazole rings is 1. The lowest BCUT2D eigenvalue weighted by molar-refractivity contribution is -0.188. The highest BCUT2D eigenvalue weighted by Gasteiger charge is 2.46. The normalized spacial score (nSPS) is 21.5. The standard InChI is InChI=1S/C21H20Cl2N2O5S/c1-14-3-6-20(31(26,27)28-2)16(9-14)19-11-29-21(30-19,12-25-8-7-24-13-25)17-5-4-15(22)10-18(17)23/h3-10,13,19H,11-12H2,1-2H3. The van der Waals surface area contributed by atoms with Crippen molar-refractivity contribution in [2.24, 2.45) is 0 Å². The molecule has 0 saturated carbocycles. The van der Waals surface area contributed by atoms with E-state index in [2.05, 4.69) is 4.98 Å². The predicted octanol–water partition coefficient (Wildman–Crippen LogP) is 4.47. The number of halogens is 2. The highest BCUT2D eigenvalue weighted by Crippen LogP contribution is 2.45. The average Bonchev–Trinajstić information content (AvgIpc) is 3.38. The summed E-state index contributed by atoms with van der Waals surface area (Å²) in [6.07, 6.45) is 4.39. The summed E-state index contributed by atoms with van der Waals surface area (Å²) >= 11 is 12.6. The van der Waals surface area contributed by atoms with E-state index in [1.54, 1.807) is 53.6 Å². The molecule has 164 valence electrons. The Morgan fingerprint density at radius 1 is 1.26 bits per heavy atom. The molecule has 0 spiro atoms. The van der Waals surface area contributed by atoms with E-state index in [9.17, 15) is 8.42 Å². The van der Waals surface area contributed by atoms with Gasteiger partial charge in [-0.2, -0.15) is 8.42 Å². The minimum Gasteiger partial charge on any atom is -0.341 e. The molecule has 2 aromatic carbocycles. The van der Waals surface area contributed by atoms with Gasteiger partial charge in [-0.3, -0.25) is 4.18 Å². The molecule has 0 aliphatic carbocycles. The second-order valence-electron chi connectivity index (χ2n) is 7.19. The van der Waals surface area contributed by atoms with Crippen molar-refractivity contribution in [3.05, 3.63) is 81.9 Å². The Kier molecular flexibility index (Phi) is 6.13. The Morgan fingerprint density at radius 2 is 2.06 bits per heavy atom. The Hall–Kier alpha value is -1.94. The molecule has 1 saturated heterocycles. The highest BCUT2D eigenvalue weighted by atomic mass is 35.5. The summed E-state index contributed by atoms with van der Waals surface area (Å²) in [4.78, 5) is 4.11. The van der Waals surface area contributed by atoms with Crippen LogP contribution in [0.4, 0.5) is 0 Å². The number of benzene rings is 2. The van der Waals surface area contributed by atoms with Crippen LogP contribution in [0.5, 0.6) is 0 Å². The van der Waals surface area contributed by atoms with Gasteiger partial charge in [0, 0.05) is 28.5 Å². The van der Waals surface area contributed by atoms with Crippen LogP contribution in [0.15, 0.2) is 60.0 Å². The molecule has 1 aliphatic heterocycles. The maximum absolute atomic E-state index is 12.5. The molecule has 2 heterocycles. The van der Waals surface area contributed by atoms with E-state index in [1.807, 2.05) is 6.92 Å². The fraction of sp³-hybridized carbons (Fsp3) is 0.286. The SMILES string of the molecule is COS(=O)(=O)c1ccc(C)cc1C1COC(Cn2ccnc2)(c2ccc(Cl)cc2Cl)O1. The molecule has 0 N–H and O–H groups in total. The molecule has 1 fully saturated rings. The summed E-state index contributed by atoms with van der Waals surface area (Å²) in [7, 11) is -2.82. The Labute approximate surface area is 190 Å². The molecule has 10 heteroatoms. The van der Waals surface area contributed by atoms with Crippen molar-refractivity contribution < 1.29 is 22.1 Å². The van der Waals surface area contributed by atoms with Crippen molar-refractivity contribution >= 4 is 33.3 Å². The molecular weight excluding hydrogens is 463 g/mol. The van der Waals surface area contributed by atoms with Crippen LogP contribution in [-0.2, 0) is 36.1 Å². The first-order valence-corrected chi connectivity index (χ1v) is 11.5. The predicted molar refractivity (Wildman–Crippen MR) is 116 cm³/mol. The molecule has 1 aliphatic rings. The molecule has 31 heavy (non-hydrogen) atoms. The Bertz CT molecular complexity index is 1200. The second kappa shape index (κ2) is 8.54. The second-order valence-corrected chi connectivity index (χ2v) is 9.72. The van der Waals surface area contributed by atoms with E-state index in [0.29, 0.717) is 21.2 Å². The van der Waals surface area contributed by atoms with E-state index in [-0.39, 0.29) is 18.0 Å². The van der Waals surface area contributed by atoms with Crippen LogP contribution in [0.1, 0.15) is 22.8 Å². The molecule has 0 bridgehead atoms. The topological polar surface area (TPSA) is 79.7 Å². The first-order valence-electron chi connectivity index (χ1n) is 9.38. The lowest BCUT2D eigenvalue weighted by Crippen LogP contribution is -2.33. The van der Waals surface area contributed by atoms with Gasteiger partial charge in [0.25, 0.3) is 10.1 Å². The van der Waals surface area contributed by atoms with Crippen molar-refractivity contribution in [1.29, 1.82) is 0 Å². The number of aryl methyl sites for hydroxylation is 1. The first-order chi connectivity index (χ1) is 14.7. The number of rotatable bonds is 6. The van der Waals surface area contributed by atoms with Crippen LogP contribution < -0.4 is 0 Å². The summed E-state index contributed by atoms with van der Waals surface area (Å²) in [6.45, 7) is 2.24. The van der Waals surface area contributed by atoms with E-state index >= 15 is 0 Å². The number of ether oxygens (including phenoxy) is 2. The average molecular weight is 483 g/mol. The minimum atomic E-state index is -3.94. The molecule has 0 amide bonds. The minimum absolute atomic E-state index is 0.0369. The van der Waals surface area contributed by atoms with Crippen molar-refractivity contribution in [3.8, 4) is 0 Å². The van der Waals surface area contributed by atoms with E-state index < -0.39 is 22.0 Å². The van der Waals surface area contributed by atoms with Gasteiger partial charge in [0.05, 0.1) is 36.5 Å². The zero-order valence-corrected chi connectivity index (χ0v) is 19.1. The summed E-state index contributed by atoms with van der Waals surface area (Å²) in [5, 5.41) is 0.857. The van der Waals surface area contributed by atoms with Gasteiger partial charge in [-0.25, -0.2) is 4.98 Å². The van der Waals surface area contributed by atoms with Crippen LogP contribution in [-0.4, -0.2) is 31.7 Å². The summed E-state index contributed by atoms with van der Waals surface area (Å²) < 4.78 is 44.2. The van der Waals surface area contributed by atoms with Crippen molar-refractivity contribution in [2.75, 3.05) is 13.7 Å². The van der Waals surface area contributed by atoms with Gasteiger partial charge >= 0.3 is 0 Å². The van der Waals surface area contributed by atoms with Gasteiger partial charge in [0.15, 0.2) is 0 Å². The molecule has 4 rings (SSSR count). The largest absolute Gasteiger partial charge is 0.341 e. The fourth-order valence-corrected chi connectivity index (χ4v) is 5.07. The third kappa shape index (κ3) is 4.37. The fourth-order valence-electron chi connectivity index (χ4n) is 3.63. The smallest absolute Gasteiger partial charge is 0.297 e. The number of aromatic nitrogens is 2. The quantitative estimate of drug-likeness (QED) is 0.482. The molecular formula is C21H20Cl2N2O5S. The molecule has 2 atom stereocenters. The van der Waals surface area contributed by atoms with Gasteiger partial charge in [0.1, 0.15) is 6.10 Å². The Balaban J connectivity index is 1.79. The highest BCUT2D eigenvalue weighted by molar-refractivity contribution is 7.86. The lowest BCUT2D eigenvalue weighted by Gasteiger charge is -2.30. The third-order valence-corrected chi connectivity index (χ3v) is 6.99. The third-order valence-electron chi connectivity index (χ3n) is 5.09. The summed E-state index contributed by atoms with van der Waals surface area (Å²) in [5.41, 5.74) is 1.92. The van der Waals surface area contributed by atoms with Crippen molar-refractivity contribution in [2.45, 2.75) is 30.3 Å². The van der Waals surface area contributed by atoms with Gasteiger partial charge in [-0.1, -0.05) is 47.0 Å². The van der Waals surface area contributed by atoms with Crippen molar-refractivity contribution in [1.82, 2.24) is 9.55 Å². The zero-order valence-electron chi connectivity index (χ0n) is 16.8. The van der Waals surface area contributed by atoms with E-state index in [4.69, 9.17) is 36.9 Å². The molecule has 3 aromatic rings. The summed E-state index contributed by atoms with van der Waals surface area (Å²) in [5.74, 6) is -1.27. The number of hydrogen-bond donors (Lipinski definition) is 0. The molecule has 1 aromatic heterocycles. The number of hydrogen-bond acceptors (Lipinski definition) is 6. The Morgan fingerprint density at radius 3 is 2.74 bits per heavy atom. The first kappa shape index (κ1) is 22.3. The van der Waals surface area contributed by atoms with Crippen LogP contribution >= 0.6 is 23.2 Å². The van der Waals surface area contributed by atoms with Crippen molar-refractivity contribution in [3.63, 3.8) is 0 Å². The van der Waals surface area contributed by atoms with Gasteiger partial charge in [-0.15, -0.1) is 0 Å². The monoisotopic (exact) mass is 482 g/mol. The maximum atomic E-state index is 12.5. The van der Waals surface area contributed by atoms with Crippen LogP contribution in [0.2, 0.25) is 10.0 Å². The molecule has 7 nitrogen and oxygen atoms in total. The van der Waals surface area contributed by atoms with Crippen LogP contribution in [0.3, 0.4) is 0 Å². The molecule has 0 radical (unpaired) electrons. The number of nitrogens with zero attached hydrogens (tertiary/aromatic N) is 2. The summed E-state index contributed by atoms with van der Waals surface area (Å²) in [6, 6.07) is 10.0. The van der Waals surface area contributed by atoms with Crippen LogP contribution in [0.25, 0.3) is 0 Å². The van der Waals surface area contributed by atoms with Crippen LogP contribution in [0, 0.1) is 6.92 Å².